The Kier molecular flexibility index (Phi) is 5.98. The Morgan fingerprint density at radius 1 is 1.27 bits per heavy atom. The van der Waals surface area contributed by atoms with E-state index in [1.165, 1.54) is 12.3 Å². The minimum Gasteiger partial charge on any atom is -0.387 e. The summed E-state index contributed by atoms with van der Waals surface area (Å²) >= 11 is 0. The fourth-order valence-corrected chi connectivity index (χ4v) is 4.66. The molecule has 12 nitrogen and oxygen atoms in total. The number of aliphatic hydroxyl groups is 2. The van der Waals surface area contributed by atoms with Gasteiger partial charge in [0.25, 0.3) is 0 Å². The third kappa shape index (κ3) is 4.30. The molecule has 30 heavy (non-hydrogen) atoms. The predicted octanol–water partition coefficient (Wildman–Crippen LogP) is 0.143. The quantitative estimate of drug-likeness (QED) is 0.541. The van der Waals surface area contributed by atoms with Crippen molar-refractivity contribution in [3.05, 3.63) is 52.8 Å². The van der Waals surface area contributed by atoms with Crippen molar-refractivity contribution in [1.82, 2.24) is 14.5 Å². The molecule has 2 aliphatic rings. The van der Waals surface area contributed by atoms with Crippen LogP contribution in [0.1, 0.15) is 24.3 Å². The summed E-state index contributed by atoms with van der Waals surface area (Å²) in [7, 11) is -3.93. The lowest BCUT2D eigenvalue weighted by molar-refractivity contribution is -0.0609. The molecule has 2 unspecified atom stereocenters. The Morgan fingerprint density at radius 3 is 2.77 bits per heavy atom. The summed E-state index contributed by atoms with van der Waals surface area (Å²) < 4.78 is 35.5. The molecule has 0 spiro atoms. The van der Waals surface area contributed by atoms with Gasteiger partial charge in [-0.3, -0.25) is 23.1 Å². The van der Waals surface area contributed by atoms with E-state index in [2.05, 4.69) is 9.97 Å². The number of aromatic nitrogens is 3. The highest BCUT2D eigenvalue weighted by atomic mass is 31.2. The minimum atomic E-state index is -3.93. The number of nitrogen functional groups attached to an aromatic ring is 1. The summed E-state index contributed by atoms with van der Waals surface area (Å²) in [6.07, 6.45) is -0.693. The molecular formula is C17H21N4O8P. The molecule has 13 heteroatoms. The van der Waals surface area contributed by atoms with Crippen LogP contribution in [0.15, 0.2) is 41.6 Å². The smallest absolute Gasteiger partial charge is 0.387 e. The van der Waals surface area contributed by atoms with Crippen LogP contribution in [0.3, 0.4) is 0 Å². The molecule has 2 aromatic rings. The molecule has 0 aliphatic carbocycles. The zero-order valence-corrected chi connectivity index (χ0v) is 16.6. The average molecular weight is 440 g/mol. The van der Waals surface area contributed by atoms with Crippen LogP contribution in [0, 0.1) is 0 Å². The lowest BCUT2D eigenvalue weighted by Gasteiger charge is -2.29. The number of hydrogen-bond acceptors (Lipinski definition) is 11. The van der Waals surface area contributed by atoms with Gasteiger partial charge in [-0.2, -0.15) is 4.98 Å². The number of nitrogens with zero attached hydrogens (tertiary/aromatic N) is 3. The summed E-state index contributed by atoms with van der Waals surface area (Å²) in [4.78, 5) is 19.5. The normalized spacial score (nSPS) is 34.1. The maximum Gasteiger partial charge on any atom is 0.475 e. The maximum atomic E-state index is 12.8. The standard InChI is InChI=1S/C17H21N4O8P/c18-13-3-7-21(17(24)20-13)16-15(23)14(22)12(28-16)9-27-30(25)26-8-4-11(29-30)10-1-5-19-6-2-10/h1-3,5-7,11-12,14-16,22-23H,4,8-9H2,(H2,18,20,24)/t11?,12?,14-,15+,16-,30-/m1/s1. The van der Waals surface area contributed by atoms with Crippen LogP contribution in [-0.4, -0.2) is 56.3 Å². The van der Waals surface area contributed by atoms with Crippen LogP contribution in [-0.2, 0) is 22.9 Å². The van der Waals surface area contributed by atoms with Gasteiger partial charge in [0, 0.05) is 25.0 Å². The lowest BCUT2D eigenvalue weighted by atomic mass is 10.1. The Labute approximate surface area is 170 Å². The van der Waals surface area contributed by atoms with E-state index in [1.54, 1.807) is 24.5 Å². The molecule has 0 radical (unpaired) electrons. The monoisotopic (exact) mass is 440 g/mol. The van der Waals surface area contributed by atoms with Crippen LogP contribution in [0.25, 0.3) is 0 Å². The first kappa shape index (κ1) is 21.1. The number of phosphoric acid groups is 1. The van der Waals surface area contributed by atoms with Crippen molar-refractivity contribution >= 4 is 13.6 Å². The van der Waals surface area contributed by atoms with Crippen LogP contribution in [0.2, 0.25) is 0 Å². The van der Waals surface area contributed by atoms with Crippen LogP contribution in [0.5, 0.6) is 0 Å². The molecule has 0 aromatic carbocycles. The third-order valence-corrected chi connectivity index (χ3v) is 6.30. The molecule has 0 bridgehead atoms. The summed E-state index contributed by atoms with van der Waals surface area (Å²) in [5.41, 5.74) is 5.48. The average Bonchev–Trinajstić information content (AvgIpc) is 3.01. The molecule has 2 aromatic heterocycles. The van der Waals surface area contributed by atoms with E-state index in [-0.39, 0.29) is 12.4 Å². The fraction of sp³-hybridized carbons (Fsp3) is 0.471. The number of hydrogen-bond donors (Lipinski definition) is 3. The van der Waals surface area contributed by atoms with Gasteiger partial charge >= 0.3 is 13.5 Å². The van der Waals surface area contributed by atoms with Crippen molar-refractivity contribution in [1.29, 1.82) is 0 Å². The molecule has 4 rings (SSSR count). The molecule has 6 atom stereocenters. The zero-order valence-electron chi connectivity index (χ0n) is 15.7. The van der Waals surface area contributed by atoms with Crippen molar-refractivity contribution in [3.8, 4) is 0 Å². The molecule has 4 N–H and O–H groups in total. The molecule has 2 aliphatic heterocycles. The number of phosphoric ester groups is 1. The number of pyridine rings is 1. The molecular weight excluding hydrogens is 419 g/mol. The number of aliphatic hydroxyl groups excluding tert-OH is 2. The highest BCUT2D eigenvalue weighted by Crippen LogP contribution is 2.57. The number of nitrogens with two attached hydrogens (primary N) is 1. The van der Waals surface area contributed by atoms with Crippen molar-refractivity contribution in [3.63, 3.8) is 0 Å². The molecule has 2 saturated heterocycles. The van der Waals surface area contributed by atoms with E-state index in [1.807, 2.05) is 0 Å². The molecule has 2 fully saturated rings. The Hall–Kier alpha value is -2.18. The Bertz CT molecular complexity index is 989. The van der Waals surface area contributed by atoms with E-state index in [0.29, 0.717) is 6.42 Å². The van der Waals surface area contributed by atoms with Gasteiger partial charge in [0.15, 0.2) is 6.23 Å². The number of ether oxygens (including phenoxy) is 1. The van der Waals surface area contributed by atoms with Gasteiger partial charge in [-0.25, -0.2) is 9.36 Å². The van der Waals surface area contributed by atoms with E-state index < -0.39 is 50.8 Å². The minimum absolute atomic E-state index is 0.0117. The maximum absolute atomic E-state index is 12.8. The first-order valence-electron chi connectivity index (χ1n) is 9.20. The zero-order chi connectivity index (χ0) is 21.3. The van der Waals surface area contributed by atoms with Crippen molar-refractivity contribution in [2.45, 2.75) is 37.1 Å². The largest absolute Gasteiger partial charge is 0.475 e. The Balaban J connectivity index is 1.42. The SMILES string of the molecule is Nc1ccn([C@@H]2OC(CO[P@@]3(=O)OCCC(c4ccncc4)O3)[C@@H](O)[C@@H]2O)c(=O)n1. The first-order chi connectivity index (χ1) is 14.4. The van der Waals surface area contributed by atoms with Gasteiger partial charge in [-0.15, -0.1) is 0 Å². The fourth-order valence-electron chi connectivity index (χ4n) is 3.26. The van der Waals surface area contributed by atoms with Gasteiger partial charge in [0.05, 0.1) is 19.3 Å². The predicted molar refractivity (Wildman–Crippen MR) is 101 cm³/mol. The topological polar surface area (TPSA) is 168 Å². The number of rotatable bonds is 5. The highest BCUT2D eigenvalue weighted by molar-refractivity contribution is 7.48. The third-order valence-electron chi connectivity index (χ3n) is 4.82. The van der Waals surface area contributed by atoms with E-state index in [4.69, 9.17) is 24.0 Å². The van der Waals surface area contributed by atoms with Crippen molar-refractivity contribution in [2.24, 2.45) is 0 Å². The van der Waals surface area contributed by atoms with Crippen molar-refractivity contribution < 1.29 is 33.1 Å². The van der Waals surface area contributed by atoms with E-state index >= 15 is 0 Å². The van der Waals surface area contributed by atoms with Crippen molar-refractivity contribution in [2.75, 3.05) is 18.9 Å². The van der Waals surface area contributed by atoms with Gasteiger partial charge in [0.1, 0.15) is 24.1 Å². The molecule has 0 amide bonds. The lowest BCUT2D eigenvalue weighted by Crippen LogP contribution is -2.36. The molecule has 4 heterocycles. The van der Waals surface area contributed by atoms with Gasteiger partial charge in [0.2, 0.25) is 0 Å². The Morgan fingerprint density at radius 2 is 2.03 bits per heavy atom. The first-order valence-corrected chi connectivity index (χ1v) is 10.7. The summed E-state index contributed by atoms with van der Waals surface area (Å²) in [5, 5.41) is 20.6. The second kappa shape index (κ2) is 8.52. The summed E-state index contributed by atoms with van der Waals surface area (Å²) in [6.45, 7) is -0.248. The summed E-state index contributed by atoms with van der Waals surface area (Å²) in [6, 6.07) is 4.84. The van der Waals surface area contributed by atoms with E-state index in [9.17, 15) is 19.6 Å². The van der Waals surface area contributed by atoms with Crippen LogP contribution in [0.4, 0.5) is 5.82 Å². The molecule has 162 valence electrons. The van der Waals surface area contributed by atoms with Gasteiger partial charge in [-0.1, -0.05) is 0 Å². The second-order valence-corrected chi connectivity index (χ2v) is 8.45. The highest BCUT2D eigenvalue weighted by Gasteiger charge is 2.46. The number of anilines is 1. The van der Waals surface area contributed by atoms with E-state index in [0.717, 1.165) is 10.1 Å². The molecule has 0 saturated carbocycles. The van der Waals surface area contributed by atoms with Crippen LogP contribution >= 0.6 is 7.82 Å². The summed E-state index contributed by atoms with van der Waals surface area (Å²) in [5.74, 6) is 0.0117. The van der Waals surface area contributed by atoms with Crippen LogP contribution < -0.4 is 11.4 Å². The van der Waals surface area contributed by atoms with Gasteiger partial charge < -0.3 is 20.7 Å². The second-order valence-electron chi connectivity index (χ2n) is 6.83. The van der Waals surface area contributed by atoms with Gasteiger partial charge in [-0.05, 0) is 23.8 Å².